The molecule has 0 heterocycles. The van der Waals surface area contributed by atoms with Crippen LogP contribution in [0, 0.1) is 5.92 Å². The summed E-state index contributed by atoms with van der Waals surface area (Å²) in [6.07, 6.45) is 5.85. The molecule has 0 bridgehead atoms. The highest BCUT2D eigenvalue weighted by Crippen LogP contribution is 2.30. The standard InChI is InChI=1S/C19H33NS/c1-7-19(8-2,21-6)14-20-16(5)18-11-9-17(10-12-18)13-15(3)4/h9-12,15-16,20H,7-8,13-14H2,1-6H3. The van der Waals surface area contributed by atoms with Crippen LogP contribution in [0.5, 0.6) is 0 Å². The van der Waals surface area contributed by atoms with E-state index < -0.39 is 0 Å². The summed E-state index contributed by atoms with van der Waals surface area (Å²) in [4.78, 5) is 0. The molecule has 0 aliphatic heterocycles. The van der Waals surface area contributed by atoms with E-state index in [1.807, 2.05) is 11.8 Å². The Bertz CT molecular complexity index is 384. The van der Waals surface area contributed by atoms with Gasteiger partial charge in [-0.05, 0) is 49.5 Å². The lowest BCUT2D eigenvalue weighted by atomic mass is 9.98. The van der Waals surface area contributed by atoms with Gasteiger partial charge in [-0.3, -0.25) is 0 Å². The van der Waals surface area contributed by atoms with Gasteiger partial charge in [0.2, 0.25) is 0 Å². The van der Waals surface area contributed by atoms with Gasteiger partial charge in [0.1, 0.15) is 0 Å². The van der Waals surface area contributed by atoms with Gasteiger partial charge < -0.3 is 5.32 Å². The van der Waals surface area contributed by atoms with E-state index in [-0.39, 0.29) is 0 Å². The van der Waals surface area contributed by atoms with Crippen LogP contribution in [-0.4, -0.2) is 17.5 Å². The van der Waals surface area contributed by atoms with Crippen LogP contribution in [-0.2, 0) is 6.42 Å². The van der Waals surface area contributed by atoms with Crippen molar-refractivity contribution in [3.05, 3.63) is 35.4 Å². The van der Waals surface area contributed by atoms with Gasteiger partial charge in [0.15, 0.2) is 0 Å². The zero-order valence-electron chi connectivity index (χ0n) is 14.7. The minimum Gasteiger partial charge on any atom is -0.309 e. The van der Waals surface area contributed by atoms with Gasteiger partial charge in [0.05, 0.1) is 0 Å². The van der Waals surface area contributed by atoms with Crippen molar-refractivity contribution in [1.29, 1.82) is 0 Å². The van der Waals surface area contributed by atoms with Crippen molar-refractivity contribution in [3.8, 4) is 0 Å². The van der Waals surface area contributed by atoms with Crippen molar-refractivity contribution in [3.63, 3.8) is 0 Å². The first kappa shape index (κ1) is 18.6. The molecule has 2 heteroatoms. The number of rotatable bonds is 9. The molecule has 1 nitrogen and oxygen atoms in total. The van der Waals surface area contributed by atoms with E-state index in [0.717, 1.165) is 12.5 Å². The third-order valence-corrected chi connectivity index (χ3v) is 6.16. The molecule has 0 saturated heterocycles. The monoisotopic (exact) mass is 307 g/mol. The van der Waals surface area contributed by atoms with E-state index in [1.165, 1.54) is 30.4 Å². The predicted octanol–water partition coefficient (Wildman–Crippen LogP) is 5.46. The van der Waals surface area contributed by atoms with Crippen LogP contribution in [0.1, 0.15) is 64.6 Å². The first-order chi connectivity index (χ1) is 9.96. The maximum atomic E-state index is 3.73. The van der Waals surface area contributed by atoms with E-state index in [4.69, 9.17) is 0 Å². The van der Waals surface area contributed by atoms with E-state index in [9.17, 15) is 0 Å². The van der Waals surface area contributed by atoms with Gasteiger partial charge in [0.25, 0.3) is 0 Å². The molecule has 1 N–H and O–H groups in total. The summed E-state index contributed by atoms with van der Waals surface area (Å²) >= 11 is 2.00. The normalized spacial score (nSPS) is 13.7. The summed E-state index contributed by atoms with van der Waals surface area (Å²) in [6, 6.07) is 9.56. The molecule has 1 aromatic carbocycles. The first-order valence-corrected chi connectivity index (χ1v) is 9.56. The number of thioether (sulfide) groups is 1. The SMILES string of the molecule is CCC(CC)(CNC(C)c1ccc(CC(C)C)cc1)SC. The largest absolute Gasteiger partial charge is 0.309 e. The van der Waals surface area contributed by atoms with Crippen molar-refractivity contribution in [1.82, 2.24) is 5.32 Å². The van der Waals surface area contributed by atoms with Crippen molar-refractivity contribution in [2.45, 2.75) is 64.7 Å². The zero-order valence-corrected chi connectivity index (χ0v) is 15.5. The molecule has 0 fully saturated rings. The molecule has 0 aromatic heterocycles. The molecule has 0 aliphatic rings. The first-order valence-electron chi connectivity index (χ1n) is 8.33. The molecular formula is C19H33NS. The quantitative estimate of drug-likeness (QED) is 0.650. The maximum absolute atomic E-state index is 3.73. The fourth-order valence-corrected chi connectivity index (χ4v) is 3.54. The lowest BCUT2D eigenvalue weighted by Gasteiger charge is -2.31. The van der Waals surface area contributed by atoms with Gasteiger partial charge in [-0.25, -0.2) is 0 Å². The molecule has 1 atom stereocenters. The van der Waals surface area contributed by atoms with Crippen LogP contribution >= 0.6 is 11.8 Å². The topological polar surface area (TPSA) is 12.0 Å². The van der Waals surface area contributed by atoms with Crippen LogP contribution in [0.25, 0.3) is 0 Å². The van der Waals surface area contributed by atoms with Gasteiger partial charge in [-0.2, -0.15) is 11.8 Å². The number of nitrogens with one attached hydrogen (secondary N) is 1. The summed E-state index contributed by atoms with van der Waals surface area (Å²) in [5.74, 6) is 0.725. The highest BCUT2D eigenvalue weighted by molar-refractivity contribution is 8.00. The predicted molar refractivity (Wildman–Crippen MR) is 98.2 cm³/mol. The minimum absolute atomic E-state index is 0.381. The Kier molecular flexibility index (Phi) is 7.83. The highest BCUT2D eigenvalue weighted by Gasteiger charge is 2.25. The zero-order chi connectivity index (χ0) is 15.9. The van der Waals surface area contributed by atoms with Gasteiger partial charge in [0, 0.05) is 17.3 Å². The third-order valence-electron chi connectivity index (χ3n) is 4.58. The van der Waals surface area contributed by atoms with E-state index >= 15 is 0 Å². The Morgan fingerprint density at radius 2 is 1.62 bits per heavy atom. The van der Waals surface area contributed by atoms with Gasteiger partial charge >= 0.3 is 0 Å². The molecule has 1 rings (SSSR count). The Balaban J connectivity index is 2.61. The number of hydrogen-bond donors (Lipinski definition) is 1. The molecular weight excluding hydrogens is 274 g/mol. The second kappa shape index (κ2) is 8.85. The summed E-state index contributed by atoms with van der Waals surface area (Å²) in [5, 5.41) is 3.73. The maximum Gasteiger partial charge on any atom is 0.0292 e. The second-order valence-corrected chi connectivity index (χ2v) is 7.81. The highest BCUT2D eigenvalue weighted by atomic mass is 32.2. The van der Waals surface area contributed by atoms with Crippen molar-refractivity contribution >= 4 is 11.8 Å². The van der Waals surface area contributed by atoms with E-state index in [0.29, 0.717) is 10.8 Å². The van der Waals surface area contributed by atoms with E-state index in [2.05, 4.69) is 70.5 Å². The molecule has 0 radical (unpaired) electrons. The Hall–Kier alpha value is -0.470. The Morgan fingerprint density at radius 3 is 2.05 bits per heavy atom. The lowest BCUT2D eigenvalue weighted by Crippen LogP contribution is -2.37. The second-order valence-electron chi connectivity index (χ2n) is 6.54. The summed E-state index contributed by atoms with van der Waals surface area (Å²) in [7, 11) is 0. The van der Waals surface area contributed by atoms with Crippen molar-refractivity contribution < 1.29 is 0 Å². The van der Waals surface area contributed by atoms with Gasteiger partial charge in [-0.1, -0.05) is 52.0 Å². The molecule has 0 spiro atoms. The fourth-order valence-electron chi connectivity index (χ4n) is 2.73. The number of benzene rings is 1. The van der Waals surface area contributed by atoms with Crippen LogP contribution < -0.4 is 5.32 Å². The smallest absolute Gasteiger partial charge is 0.0292 e. The number of hydrogen-bond acceptors (Lipinski definition) is 2. The average molecular weight is 308 g/mol. The Labute approximate surface area is 136 Å². The third kappa shape index (κ3) is 5.67. The molecule has 1 unspecified atom stereocenters. The molecule has 0 aliphatic carbocycles. The molecule has 0 amide bonds. The summed E-state index contributed by atoms with van der Waals surface area (Å²) in [6.45, 7) is 12.5. The average Bonchev–Trinajstić information content (AvgIpc) is 2.49. The van der Waals surface area contributed by atoms with Crippen LogP contribution in [0.15, 0.2) is 24.3 Å². The lowest BCUT2D eigenvalue weighted by molar-refractivity contribution is 0.459. The van der Waals surface area contributed by atoms with Gasteiger partial charge in [-0.15, -0.1) is 0 Å². The van der Waals surface area contributed by atoms with Crippen molar-refractivity contribution in [2.75, 3.05) is 12.8 Å². The fraction of sp³-hybridized carbons (Fsp3) is 0.684. The minimum atomic E-state index is 0.381. The summed E-state index contributed by atoms with van der Waals surface area (Å²) < 4.78 is 0.381. The molecule has 1 aromatic rings. The molecule has 21 heavy (non-hydrogen) atoms. The van der Waals surface area contributed by atoms with Crippen LogP contribution in [0.3, 0.4) is 0 Å². The van der Waals surface area contributed by atoms with Crippen molar-refractivity contribution in [2.24, 2.45) is 5.92 Å². The summed E-state index contributed by atoms with van der Waals surface area (Å²) in [5.41, 5.74) is 2.84. The Morgan fingerprint density at radius 1 is 1.05 bits per heavy atom. The van der Waals surface area contributed by atoms with Crippen LogP contribution in [0.2, 0.25) is 0 Å². The van der Waals surface area contributed by atoms with E-state index in [1.54, 1.807) is 0 Å². The molecule has 120 valence electrons. The molecule has 0 saturated carbocycles. The van der Waals surface area contributed by atoms with Crippen LogP contribution in [0.4, 0.5) is 0 Å².